The van der Waals surface area contributed by atoms with Crippen molar-refractivity contribution in [2.24, 2.45) is 5.92 Å². The van der Waals surface area contributed by atoms with Crippen LogP contribution >= 0.6 is 11.8 Å². The molecule has 2 N–H and O–H groups in total. The van der Waals surface area contributed by atoms with Crippen molar-refractivity contribution in [3.63, 3.8) is 0 Å². The molecule has 2 atom stereocenters. The highest BCUT2D eigenvalue weighted by molar-refractivity contribution is 7.99. The second-order valence-electron chi connectivity index (χ2n) is 2.91. The molecule has 0 saturated carbocycles. The first-order valence-corrected chi connectivity index (χ1v) is 5.35. The van der Waals surface area contributed by atoms with Crippen LogP contribution in [0.4, 0.5) is 0 Å². The van der Waals surface area contributed by atoms with E-state index in [4.69, 9.17) is 10.4 Å². The number of rotatable bonds is 4. The Kier molecular flexibility index (Phi) is 4.44. The summed E-state index contributed by atoms with van der Waals surface area (Å²) in [5.74, 6) is 2.73. The monoisotopic (exact) mass is 186 g/mol. The number of aliphatic hydroxyl groups is 1. The lowest BCUT2D eigenvalue weighted by molar-refractivity contribution is 0.281. The zero-order valence-corrected chi connectivity index (χ0v) is 7.81. The molecule has 0 aromatic carbocycles. The average molecular weight is 186 g/mol. The summed E-state index contributed by atoms with van der Waals surface area (Å²) in [6, 6.07) is 2.18. The SMILES string of the molecule is N#CC(NCCO)C1CCSC1. The molecule has 1 rings (SSSR count). The largest absolute Gasteiger partial charge is 0.395 e. The van der Waals surface area contributed by atoms with Gasteiger partial charge in [-0.3, -0.25) is 5.32 Å². The Bertz CT molecular complexity index is 163. The van der Waals surface area contributed by atoms with E-state index in [2.05, 4.69) is 11.4 Å². The molecule has 3 nitrogen and oxygen atoms in total. The third kappa shape index (κ3) is 2.67. The fourth-order valence-electron chi connectivity index (χ4n) is 1.35. The fourth-order valence-corrected chi connectivity index (χ4v) is 2.65. The van der Waals surface area contributed by atoms with Gasteiger partial charge < -0.3 is 5.11 Å². The zero-order valence-electron chi connectivity index (χ0n) is 6.99. The van der Waals surface area contributed by atoms with Gasteiger partial charge in [-0.15, -0.1) is 0 Å². The minimum atomic E-state index is -0.0628. The number of thioether (sulfide) groups is 1. The number of nitrogens with one attached hydrogen (secondary N) is 1. The van der Waals surface area contributed by atoms with E-state index < -0.39 is 0 Å². The van der Waals surface area contributed by atoms with Gasteiger partial charge in [0.25, 0.3) is 0 Å². The maximum Gasteiger partial charge on any atom is 0.0990 e. The summed E-state index contributed by atoms with van der Waals surface area (Å²) >= 11 is 1.91. The van der Waals surface area contributed by atoms with Crippen LogP contribution in [0.15, 0.2) is 0 Å². The molecule has 0 spiro atoms. The third-order valence-corrected chi connectivity index (χ3v) is 3.24. The predicted octanol–water partition coefficient (Wildman–Crippen LogP) is 0.214. The maximum atomic E-state index is 8.81. The van der Waals surface area contributed by atoms with E-state index in [-0.39, 0.29) is 12.6 Å². The number of nitrogens with zero attached hydrogens (tertiary/aromatic N) is 1. The van der Waals surface area contributed by atoms with E-state index in [1.54, 1.807) is 0 Å². The Morgan fingerprint density at radius 1 is 1.75 bits per heavy atom. The maximum absolute atomic E-state index is 8.81. The smallest absolute Gasteiger partial charge is 0.0990 e. The highest BCUT2D eigenvalue weighted by Crippen LogP contribution is 2.25. The number of hydrogen-bond acceptors (Lipinski definition) is 4. The molecule has 1 heterocycles. The first-order chi connectivity index (χ1) is 5.88. The Hall–Kier alpha value is -0.240. The van der Waals surface area contributed by atoms with Crippen molar-refractivity contribution in [1.29, 1.82) is 5.26 Å². The molecule has 0 radical (unpaired) electrons. The number of aliphatic hydroxyl groups excluding tert-OH is 1. The number of hydrogen-bond donors (Lipinski definition) is 2. The van der Waals surface area contributed by atoms with Crippen molar-refractivity contribution in [2.45, 2.75) is 12.5 Å². The van der Waals surface area contributed by atoms with Crippen LogP contribution in [0.2, 0.25) is 0 Å². The molecule has 68 valence electrons. The molecule has 4 heteroatoms. The predicted molar refractivity (Wildman–Crippen MR) is 49.9 cm³/mol. The topological polar surface area (TPSA) is 56.0 Å². The highest BCUT2D eigenvalue weighted by Gasteiger charge is 2.24. The van der Waals surface area contributed by atoms with Crippen LogP contribution in [0.3, 0.4) is 0 Å². The average Bonchev–Trinajstić information content (AvgIpc) is 2.59. The molecular weight excluding hydrogens is 172 g/mol. The van der Waals surface area contributed by atoms with Crippen LogP contribution in [-0.2, 0) is 0 Å². The van der Waals surface area contributed by atoms with Gasteiger partial charge in [-0.1, -0.05) is 0 Å². The van der Waals surface area contributed by atoms with Crippen LogP contribution in [-0.4, -0.2) is 35.8 Å². The normalized spacial score (nSPS) is 25.2. The van der Waals surface area contributed by atoms with E-state index in [1.807, 2.05) is 11.8 Å². The molecule has 1 aliphatic heterocycles. The molecule has 1 saturated heterocycles. The first-order valence-electron chi connectivity index (χ1n) is 4.20. The van der Waals surface area contributed by atoms with E-state index >= 15 is 0 Å². The molecule has 0 bridgehead atoms. The van der Waals surface area contributed by atoms with Crippen molar-refractivity contribution in [3.05, 3.63) is 0 Å². The molecular formula is C8H14N2OS. The Morgan fingerprint density at radius 3 is 3.08 bits per heavy atom. The lowest BCUT2D eigenvalue weighted by Gasteiger charge is -2.16. The van der Waals surface area contributed by atoms with Gasteiger partial charge in [0, 0.05) is 6.54 Å². The number of nitriles is 1. The first kappa shape index (κ1) is 9.85. The van der Waals surface area contributed by atoms with E-state index in [1.165, 1.54) is 5.75 Å². The Morgan fingerprint density at radius 2 is 2.58 bits per heavy atom. The molecule has 0 aromatic rings. The zero-order chi connectivity index (χ0) is 8.81. The van der Waals surface area contributed by atoms with Crippen molar-refractivity contribution in [3.8, 4) is 6.07 Å². The second-order valence-corrected chi connectivity index (χ2v) is 4.06. The van der Waals surface area contributed by atoms with Crippen LogP contribution < -0.4 is 5.32 Å². The Balaban J connectivity index is 2.29. The summed E-state index contributed by atoms with van der Waals surface area (Å²) in [4.78, 5) is 0. The van der Waals surface area contributed by atoms with Gasteiger partial charge >= 0.3 is 0 Å². The van der Waals surface area contributed by atoms with Gasteiger partial charge in [-0.2, -0.15) is 17.0 Å². The van der Waals surface area contributed by atoms with Gasteiger partial charge in [0.2, 0.25) is 0 Å². The van der Waals surface area contributed by atoms with Gasteiger partial charge in [0.05, 0.1) is 18.7 Å². The summed E-state index contributed by atoms with van der Waals surface area (Å²) in [5, 5.41) is 20.4. The van der Waals surface area contributed by atoms with Crippen molar-refractivity contribution >= 4 is 11.8 Å². The fraction of sp³-hybridized carbons (Fsp3) is 0.875. The second kappa shape index (κ2) is 5.41. The van der Waals surface area contributed by atoms with Crippen molar-refractivity contribution in [1.82, 2.24) is 5.32 Å². The van der Waals surface area contributed by atoms with Gasteiger partial charge in [0.1, 0.15) is 0 Å². The summed E-state index contributed by atoms with van der Waals surface area (Å²) in [6.07, 6.45) is 1.13. The van der Waals surface area contributed by atoms with E-state index in [0.29, 0.717) is 12.5 Å². The van der Waals surface area contributed by atoms with Crippen LogP contribution in [0.25, 0.3) is 0 Å². The minimum Gasteiger partial charge on any atom is -0.395 e. The lowest BCUT2D eigenvalue weighted by Crippen LogP contribution is -2.36. The molecule has 0 aromatic heterocycles. The summed E-state index contributed by atoms with van der Waals surface area (Å²) in [6.45, 7) is 0.636. The summed E-state index contributed by atoms with van der Waals surface area (Å²) in [5.41, 5.74) is 0. The molecule has 12 heavy (non-hydrogen) atoms. The standard InChI is InChI=1S/C8H14N2OS/c9-5-8(10-2-3-11)7-1-4-12-6-7/h7-8,10-11H,1-4,6H2. The van der Waals surface area contributed by atoms with Crippen LogP contribution in [0.1, 0.15) is 6.42 Å². The highest BCUT2D eigenvalue weighted by atomic mass is 32.2. The minimum absolute atomic E-state index is 0.0628. The molecule has 0 amide bonds. The van der Waals surface area contributed by atoms with Gasteiger partial charge in [-0.25, -0.2) is 0 Å². The molecule has 1 fully saturated rings. The molecule has 2 unspecified atom stereocenters. The van der Waals surface area contributed by atoms with Gasteiger partial charge in [0.15, 0.2) is 0 Å². The van der Waals surface area contributed by atoms with E-state index in [0.717, 1.165) is 12.2 Å². The molecule has 0 aliphatic carbocycles. The summed E-state index contributed by atoms with van der Waals surface area (Å²) < 4.78 is 0. The van der Waals surface area contributed by atoms with Gasteiger partial charge in [-0.05, 0) is 23.8 Å². The van der Waals surface area contributed by atoms with Crippen molar-refractivity contribution in [2.75, 3.05) is 24.7 Å². The summed E-state index contributed by atoms with van der Waals surface area (Å²) in [7, 11) is 0. The third-order valence-electron chi connectivity index (χ3n) is 2.05. The molecule has 1 aliphatic rings. The quantitative estimate of drug-likeness (QED) is 0.659. The van der Waals surface area contributed by atoms with Crippen LogP contribution in [0, 0.1) is 17.2 Å². The lowest BCUT2D eigenvalue weighted by atomic mass is 10.0. The van der Waals surface area contributed by atoms with Crippen molar-refractivity contribution < 1.29 is 5.11 Å². The van der Waals surface area contributed by atoms with E-state index in [9.17, 15) is 0 Å². The van der Waals surface area contributed by atoms with Crippen LogP contribution in [0.5, 0.6) is 0 Å². The Labute approximate surface area is 77.1 Å².